The number of para-hydroxylation sites is 1. The Hall–Kier alpha value is -2.67. The maximum atomic E-state index is 13.2. The number of hydrogen-bond donors (Lipinski definition) is 0. The van der Waals surface area contributed by atoms with Gasteiger partial charge in [-0.15, -0.1) is 11.3 Å². The molecule has 0 amide bonds. The fourth-order valence-electron chi connectivity index (χ4n) is 2.60. The minimum atomic E-state index is -1.12. The van der Waals surface area contributed by atoms with Crippen LogP contribution in [0.1, 0.15) is 35.1 Å². The van der Waals surface area contributed by atoms with Crippen LogP contribution in [0.2, 0.25) is 0 Å². The molecule has 0 unspecified atom stereocenters. The van der Waals surface area contributed by atoms with E-state index in [0.717, 1.165) is 33.4 Å². The number of benzene rings is 2. The second kappa shape index (κ2) is 8.35. The predicted octanol–water partition coefficient (Wildman–Crippen LogP) is 4.71. The Balaban J connectivity index is 1.49. The molecule has 1 heterocycles. The largest absolute Gasteiger partial charge is 0.454 e. The fraction of sp³-hybridized carbons (Fsp3) is 0.250. The van der Waals surface area contributed by atoms with Gasteiger partial charge in [-0.3, -0.25) is 9.59 Å². The van der Waals surface area contributed by atoms with Gasteiger partial charge < -0.3 is 4.74 Å². The summed E-state index contributed by atoms with van der Waals surface area (Å²) >= 11 is 1.58. The van der Waals surface area contributed by atoms with Gasteiger partial charge in [0.2, 0.25) is 5.78 Å². The highest BCUT2D eigenvalue weighted by Crippen LogP contribution is 2.22. The van der Waals surface area contributed by atoms with E-state index in [1.807, 2.05) is 24.3 Å². The molecule has 1 atom stereocenters. The molecule has 0 spiro atoms. The molecule has 27 heavy (non-hydrogen) atoms. The summed E-state index contributed by atoms with van der Waals surface area (Å²) < 4.78 is 32.4. The van der Waals surface area contributed by atoms with Crippen LogP contribution < -0.4 is 0 Å². The monoisotopic (exact) mass is 389 g/mol. The molecule has 0 bridgehead atoms. The zero-order valence-electron chi connectivity index (χ0n) is 14.6. The lowest BCUT2D eigenvalue weighted by Gasteiger charge is -2.12. The van der Waals surface area contributed by atoms with Gasteiger partial charge in [-0.1, -0.05) is 12.1 Å². The summed E-state index contributed by atoms with van der Waals surface area (Å²) in [4.78, 5) is 28.6. The number of nitrogens with zero attached hydrogens (tertiary/aromatic N) is 1. The van der Waals surface area contributed by atoms with Crippen LogP contribution in [0.3, 0.4) is 0 Å². The smallest absolute Gasteiger partial charge is 0.306 e. The number of esters is 1. The van der Waals surface area contributed by atoms with E-state index < -0.39 is 29.5 Å². The third kappa shape index (κ3) is 4.74. The number of carbonyl (C=O) groups is 2. The molecule has 0 saturated heterocycles. The zero-order valence-corrected chi connectivity index (χ0v) is 15.4. The van der Waals surface area contributed by atoms with Crippen LogP contribution in [0.5, 0.6) is 0 Å². The Morgan fingerprint density at radius 3 is 2.67 bits per heavy atom. The fourth-order valence-corrected chi connectivity index (χ4v) is 3.61. The average Bonchev–Trinajstić information content (AvgIpc) is 3.06. The molecule has 2 aromatic carbocycles. The van der Waals surface area contributed by atoms with Crippen molar-refractivity contribution in [2.45, 2.75) is 32.3 Å². The van der Waals surface area contributed by atoms with Crippen LogP contribution in [0.4, 0.5) is 8.78 Å². The zero-order chi connectivity index (χ0) is 19.4. The van der Waals surface area contributed by atoms with Gasteiger partial charge in [-0.25, -0.2) is 13.8 Å². The first-order valence-corrected chi connectivity index (χ1v) is 9.29. The van der Waals surface area contributed by atoms with Gasteiger partial charge in [-0.2, -0.15) is 0 Å². The Bertz CT molecular complexity index is 953. The number of ketones is 1. The van der Waals surface area contributed by atoms with E-state index in [2.05, 4.69) is 4.98 Å². The van der Waals surface area contributed by atoms with E-state index in [4.69, 9.17) is 4.74 Å². The van der Waals surface area contributed by atoms with Gasteiger partial charge in [0.25, 0.3) is 0 Å². The molecule has 140 valence electrons. The lowest BCUT2D eigenvalue weighted by molar-refractivity contribution is -0.146. The third-order valence-electron chi connectivity index (χ3n) is 3.99. The Morgan fingerprint density at radius 2 is 1.93 bits per heavy atom. The molecule has 0 saturated carbocycles. The van der Waals surface area contributed by atoms with Crippen molar-refractivity contribution in [1.82, 2.24) is 4.98 Å². The lowest BCUT2D eigenvalue weighted by Crippen LogP contribution is -2.24. The third-order valence-corrected chi connectivity index (χ3v) is 5.09. The van der Waals surface area contributed by atoms with Crippen LogP contribution in [0.25, 0.3) is 10.2 Å². The first kappa shape index (κ1) is 19.1. The van der Waals surface area contributed by atoms with Crippen LogP contribution in [0, 0.1) is 11.6 Å². The molecule has 0 aliphatic carbocycles. The van der Waals surface area contributed by atoms with Crippen molar-refractivity contribution in [3.8, 4) is 0 Å². The van der Waals surface area contributed by atoms with Gasteiger partial charge >= 0.3 is 5.97 Å². The molecular formula is C20H17F2NO3S. The number of halogens is 2. The summed E-state index contributed by atoms with van der Waals surface area (Å²) in [6, 6.07) is 10.6. The van der Waals surface area contributed by atoms with Crippen molar-refractivity contribution >= 4 is 33.3 Å². The molecule has 3 aromatic rings. The summed E-state index contributed by atoms with van der Waals surface area (Å²) in [7, 11) is 0. The van der Waals surface area contributed by atoms with Crippen molar-refractivity contribution in [2.24, 2.45) is 0 Å². The van der Waals surface area contributed by atoms with Crippen LogP contribution in [0.15, 0.2) is 42.5 Å². The van der Waals surface area contributed by atoms with Crippen molar-refractivity contribution < 1.29 is 23.1 Å². The van der Waals surface area contributed by atoms with Crippen LogP contribution in [-0.4, -0.2) is 22.8 Å². The van der Waals surface area contributed by atoms with E-state index in [9.17, 15) is 18.4 Å². The molecule has 7 heteroatoms. The van der Waals surface area contributed by atoms with E-state index in [1.54, 1.807) is 11.3 Å². The molecule has 0 N–H and O–H groups in total. The molecule has 0 aliphatic heterocycles. The van der Waals surface area contributed by atoms with E-state index >= 15 is 0 Å². The minimum Gasteiger partial charge on any atom is -0.454 e. The second-order valence-electron chi connectivity index (χ2n) is 6.05. The number of ether oxygens (including phenoxy) is 1. The van der Waals surface area contributed by atoms with E-state index in [1.165, 1.54) is 6.92 Å². The SMILES string of the molecule is C[C@@H](OC(=O)CCCc1nc2ccccc2s1)C(=O)c1ccc(F)c(F)c1. The Kier molecular flexibility index (Phi) is 5.91. The average molecular weight is 389 g/mol. The molecule has 1 aromatic heterocycles. The number of rotatable bonds is 7. The number of hydrogen-bond acceptors (Lipinski definition) is 5. The first-order valence-electron chi connectivity index (χ1n) is 8.47. The molecule has 0 fully saturated rings. The van der Waals surface area contributed by atoms with Crippen molar-refractivity contribution in [1.29, 1.82) is 0 Å². The van der Waals surface area contributed by atoms with Gasteiger partial charge in [0.05, 0.1) is 15.2 Å². The molecular weight excluding hydrogens is 372 g/mol. The summed E-state index contributed by atoms with van der Waals surface area (Å²) in [6.45, 7) is 1.41. The highest BCUT2D eigenvalue weighted by molar-refractivity contribution is 7.18. The Morgan fingerprint density at radius 1 is 1.15 bits per heavy atom. The molecule has 3 rings (SSSR count). The Labute approximate surface area is 158 Å². The van der Waals surface area contributed by atoms with E-state index in [-0.39, 0.29) is 12.0 Å². The lowest BCUT2D eigenvalue weighted by atomic mass is 10.1. The number of thiazole rings is 1. The maximum Gasteiger partial charge on any atom is 0.306 e. The maximum absolute atomic E-state index is 13.2. The predicted molar refractivity (Wildman–Crippen MR) is 98.8 cm³/mol. The second-order valence-corrected chi connectivity index (χ2v) is 7.17. The van der Waals surface area contributed by atoms with Gasteiger partial charge in [0, 0.05) is 12.0 Å². The van der Waals surface area contributed by atoms with Crippen molar-refractivity contribution in [3.05, 3.63) is 64.7 Å². The summed E-state index contributed by atoms with van der Waals surface area (Å²) in [5.41, 5.74) is 0.898. The quantitative estimate of drug-likeness (QED) is 0.434. The summed E-state index contributed by atoms with van der Waals surface area (Å²) in [5, 5.41) is 0.940. The first-order chi connectivity index (χ1) is 12.9. The van der Waals surface area contributed by atoms with Gasteiger partial charge in [0.1, 0.15) is 0 Å². The highest BCUT2D eigenvalue weighted by Gasteiger charge is 2.20. The molecule has 4 nitrogen and oxygen atoms in total. The molecule has 0 aliphatic rings. The van der Waals surface area contributed by atoms with Crippen LogP contribution in [-0.2, 0) is 16.0 Å². The summed E-state index contributed by atoms with van der Waals surface area (Å²) in [6.07, 6.45) is 0.264. The topological polar surface area (TPSA) is 56.3 Å². The number of aryl methyl sites for hydroxylation is 1. The minimum absolute atomic E-state index is 0.0383. The summed E-state index contributed by atoms with van der Waals surface area (Å²) in [5.74, 6) is -3.24. The highest BCUT2D eigenvalue weighted by atomic mass is 32.1. The number of carbonyl (C=O) groups excluding carboxylic acids is 2. The number of fused-ring (bicyclic) bond motifs is 1. The number of Topliss-reactive ketones (excluding diaryl/α,β-unsaturated/α-hetero) is 1. The van der Waals surface area contributed by atoms with Gasteiger partial charge in [0.15, 0.2) is 17.7 Å². The van der Waals surface area contributed by atoms with Crippen molar-refractivity contribution in [3.63, 3.8) is 0 Å². The van der Waals surface area contributed by atoms with Gasteiger partial charge in [-0.05, 0) is 50.1 Å². The van der Waals surface area contributed by atoms with Crippen LogP contribution >= 0.6 is 11.3 Å². The normalized spacial score (nSPS) is 12.1. The van der Waals surface area contributed by atoms with E-state index in [0.29, 0.717) is 12.8 Å². The van der Waals surface area contributed by atoms with Crippen molar-refractivity contribution in [2.75, 3.05) is 0 Å². The standard InChI is InChI=1S/C20H17F2NO3S/c1-12(20(25)13-9-10-14(21)15(22)11-13)26-19(24)8-4-7-18-23-16-5-2-3-6-17(16)27-18/h2-3,5-6,9-12H,4,7-8H2,1H3/t12-/m1/s1. The molecule has 0 radical (unpaired) electrons. The number of aromatic nitrogens is 1.